The quantitative estimate of drug-likeness (QED) is 0.0261. The average Bonchev–Trinajstić information content (AvgIpc) is 3.43. The second-order valence-electron chi connectivity index (χ2n) is 22.0. The van der Waals surface area contributed by atoms with Crippen LogP contribution in [0, 0.1) is 0 Å². The fourth-order valence-corrected chi connectivity index (χ4v) is 9.43. The van der Waals surface area contributed by atoms with Crippen LogP contribution in [0.5, 0.6) is 0 Å². The Hall–Kier alpha value is -3.41. The maximum Gasteiger partial charge on any atom is 0.306 e. The summed E-state index contributed by atoms with van der Waals surface area (Å²) in [5.41, 5.74) is 0. The molecule has 444 valence electrons. The van der Waals surface area contributed by atoms with E-state index in [4.69, 9.17) is 14.2 Å². The fraction of sp³-hybridized carbons (Fsp3) is 0.761. The molecule has 0 aromatic carbocycles. The Balaban J connectivity index is 4.24. The molecule has 6 heteroatoms. The Kier molecular flexibility index (Phi) is 62.2. The second-order valence-corrected chi connectivity index (χ2v) is 22.0. The highest BCUT2D eigenvalue weighted by molar-refractivity contribution is 5.71. The van der Waals surface area contributed by atoms with Crippen molar-refractivity contribution in [3.8, 4) is 0 Å². The normalized spacial score (nSPS) is 12.6. The van der Waals surface area contributed by atoms with E-state index in [9.17, 15) is 14.4 Å². The lowest BCUT2D eigenvalue weighted by molar-refractivity contribution is -0.166. The van der Waals surface area contributed by atoms with Crippen LogP contribution in [0.25, 0.3) is 0 Å². The first kappa shape index (κ1) is 73.6. The van der Waals surface area contributed by atoms with Crippen molar-refractivity contribution in [1.82, 2.24) is 0 Å². The van der Waals surface area contributed by atoms with Crippen LogP contribution in [-0.2, 0) is 28.6 Å². The lowest BCUT2D eigenvalue weighted by atomic mass is 10.0. The number of carbonyl (C=O) groups excluding carboxylic acids is 3. The zero-order chi connectivity index (χ0) is 55.7. The number of allylic oxidation sites excluding steroid dienone is 14. The van der Waals surface area contributed by atoms with Crippen LogP contribution in [0.3, 0.4) is 0 Å². The summed E-state index contributed by atoms with van der Waals surface area (Å²) in [5, 5.41) is 0. The first-order valence-corrected chi connectivity index (χ1v) is 33.1. The number of ether oxygens (including phenoxy) is 3. The number of unbranched alkanes of at least 4 members (excludes halogenated alkanes) is 35. The molecular formula is C71H124O6. The monoisotopic (exact) mass is 1070 g/mol. The standard InChI is InChI=1S/C71H124O6/c1-4-7-10-13-16-19-22-25-27-29-30-31-32-33-34-35-36-37-38-39-40-42-43-46-49-52-55-58-61-64-70(73)76-67-68(66-75-69(72)63-60-57-54-51-48-45-24-21-18-15-12-9-6-3)77-71(74)65-62-59-56-53-50-47-44-41-28-26-23-20-17-14-11-8-5-2/h9,12,17-18,20-21,26,28-30,45,48,54,57,68H,4-8,10-11,13-16,19,22-25,27,31-44,46-47,49-53,55-56,58-67H2,1-3H3/b12-9-,20-17-,21-18-,28-26-,30-29-,48-45-,57-54-. The van der Waals surface area contributed by atoms with E-state index in [0.29, 0.717) is 19.3 Å². The van der Waals surface area contributed by atoms with Crippen LogP contribution in [-0.4, -0.2) is 37.2 Å². The van der Waals surface area contributed by atoms with Crippen molar-refractivity contribution >= 4 is 17.9 Å². The van der Waals surface area contributed by atoms with Crippen LogP contribution in [0.15, 0.2) is 85.1 Å². The molecule has 0 bridgehead atoms. The predicted molar refractivity (Wildman–Crippen MR) is 334 cm³/mol. The van der Waals surface area contributed by atoms with E-state index in [0.717, 1.165) is 77.0 Å². The molecule has 0 fully saturated rings. The largest absolute Gasteiger partial charge is 0.462 e. The van der Waals surface area contributed by atoms with Crippen molar-refractivity contribution in [3.05, 3.63) is 85.1 Å². The van der Waals surface area contributed by atoms with Crippen molar-refractivity contribution in [2.75, 3.05) is 13.2 Å². The molecule has 0 aliphatic heterocycles. The molecule has 0 aromatic heterocycles. The van der Waals surface area contributed by atoms with Crippen molar-refractivity contribution in [1.29, 1.82) is 0 Å². The first-order valence-electron chi connectivity index (χ1n) is 33.1. The zero-order valence-electron chi connectivity index (χ0n) is 51.0. The van der Waals surface area contributed by atoms with Gasteiger partial charge < -0.3 is 14.2 Å². The van der Waals surface area contributed by atoms with Gasteiger partial charge in [0.2, 0.25) is 0 Å². The highest BCUT2D eigenvalue weighted by Gasteiger charge is 2.19. The molecule has 0 radical (unpaired) electrons. The summed E-state index contributed by atoms with van der Waals surface area (Å²) in [4.78, 5) is 38.2. The van der Waals surface area contributed by atoms with Crippen molar-refractivity contribution in [2.45, 2.75) is 335 Å². The number of esters is 3. The Labute approximate surface area is 477 Å². The third kappa shape index (κ3) is 63.3. The van der Waals surface area contributed by atoms with Crippen LogP contribution in [0.2, 0.25) is 0 Å². The summed E-state index contributed by atoms with van der Waals surface area (Å²) in [5.74, 6) is -0.981. The lowest BCUT2D eigenvalue weighted by Crippen LogP contribution is -2.30. The highest BCUT2D eigenvalue weighted by atomic mass is 16.6. The summed E-state index contributed by atoms with van der Waals surface area (Å²) in [6.45, 7) is 6.46. The molecule has 0 aliphatic carbocycles. The highest BCUT2D eigenvalue weighted by Crippen LogP contribution is 2.17. The van der Waals surface area contributed by atoms with Crippen molar-refractivity contribution < 1.29 is 28.6 Å². The fourth-order valence-electron chi connectivity index (χ4n) is 9.43. The third-order valence-electron chi connectivity index (χ3n) is 14.4. The maximum absolute atomic E-state index is 12.9. The summed E-state index contributed by atoms with van der Waals surface area (Å²) >= 11 is 0. The topological polar surface area (TPSA) is 78.9 Å². The van der Waals surface area contributed by atoms with Gasteiger partial charge in [0.05, 0.1) is 0 Å². The molecule has 0 rings (SSSR count). The third-order valence-corrected chi connectivity index (χ3v) is 14.4. The first-order chi connectivity index (χ1) is 38.0. The van der Waals surface area contributed by atoms with Gasteiger partial charge in [-0.15, -0.1) is 0 Å². The van der Waals surface area contributed by atoms with Gasteiger partial charge in [0.15, 0.2) is 6.10 Å². The van der Waals surface area contributed by atoms with Gasteiger partial charge in [-0.2, -0.15) is 0 Å². The van der Waals surface area contributed by atoms with Gasteiger partial charge in [0.1, 0.15) is 13.2 Å². The SMILES string of the molecule is CC/C=C\C/C=C\C/C=C\C/C=C\CCC(=O)OCC(COC(=O)CCCCCCCCCCCCCCCCCCC/C=C\CCCCCCCCCC)OC(=O)CCCCCCCCC/C=C\C/C=C\CCCCC. The van der Waals surface area contributed by atoms with Gasteiger partial charge in [0.25, 0.3) is 0 Å². The number of hydrogen-bond acceptors (Lipinski definition) is 6. The number of hydrogen-bond donors (Lipinski definition) is 0. The molecule has 0 spiro atoms. The Morgan fingerprint density at radius 1 is 0.273 bits per heavy atom. The van der Waals surface area contributed by atoms with E-state index in [-0.39, 0.29) is 37.5 Å². The Bertz CT molecular complexity index is 1470. The van der Waals surface area contributed by atoms with Crippen LogP contribution < -0.4 is 0 Å². The molecular weight excluding hydrogens is 949 g/mol. The van der Waals surface area contributed by atoms with E-state index < -0.39 is 6.10 Å². The molecule has 0 N–H and O–H groups in total. The zero-order valence-corrected chi connectivity index (χ0v) is 51.0. The van der Waals surface area contributed by atoms with E-state index in [1.807, 2.05) is 6.08 Å². The second kappa shape index (κ2) is 65.1. The molecule has 1 unspecified atom stereocenters. The summed E-state index contributed by atoms with van der Waals surface area (Å²) < 4.78 is 16.8. The minimum atomic E-state index is -0.810. The van der Waals surface area contributed by atoms with Gasteiger partial charge in [0, 0.05) is 19.3 Å². The van der Waals surface area contributed by atoms with Gasteiger partial charge in [-0.25, -0.2) is 0 Å². The van der Waals surface area contributed by atoms with Crippen LogP contribution >= 0.6 is 0 Å². The minimum Gasteiger partial charge on any atom is -0.462 e. The molecule has 77 heavy (non-hydrogen) atoms. The average molecular weight is 1070 g/mol. The van der Waals surface area contributed by atoms with Crippen molar-refractivity contribution in [2.24, 2.45) is 0 Å². The predicted octanol–water partition coefficient (Wildman–Crippen LogP) is 22.7. The number of rotatable bonds is 60. The van der Waals surface area contributed by atoms with Crippen LogP contribution in [0.1, 0.15) is 329 Å². The lowest BCUT2D eigenvalue weighted by Gasteiger charge is -2.18. The molecule has 0 saturated heterocycles. The van der Waals surface area contributed by atoms with Crippen molar-refractivity contribution in [3.63, 3.8) is 0 Å². The van der Waals surface area contributed by atoms with E-state index >= 15 is 0 Å². The Morgan fingerprint density at radius 3 is 0.909 bits per heavy atom. The van der Waals surface area contributed by atoms with E-state index in [2.05, 4.69) is 99.8 Å². The van der Waals surface area contributed by atoms with Gasteiger partial charge in [-0.3, -0.25) is 14.4 Å². The maximum atomic E-state index is 12.9. The van der Waals surface area contributed by atoms with Gasteiger partial charge in [-0.05, 0) is 103 Å². The van der Waals surface area contributed by atoms with E-state index in [1.165, 1.54) is 205 Å². The molecule has 0 aromatic rings. The summed E-state index contributed by atoms with van der Waals surface area (Å²) in [7, 11) is 0. The van der Waals surface area contributed by atoms with Gasteiger partial charge in [-0.1, -0.05) is 292 Å². The molecule has 0 aliphatic rings. The Morgan fingerprint density at radius 2 is 0.532 bits per heavy atom. The molecule has 0 heterocycles. The number of carbonyl (C=O) groups is 3. The molecule has 0 amide bonds. The van der Waals surface area contributed by atoms with Crippen LogP contribution in [0.4, 0.5) is 0 Å². The summed E-state index contributed by atoms with van der Waals surface area (Å²) in [6.07, 6.45) is 86.3. The smallest absolute Gasteiger partial charge is 0.306 e. The molecule has 0 saturated carbocycles. The molecule has 6 nitrogen and oxygen atoms in total. The van der Waals surface area contributed by atoms with E-state index in [1.54, 1.807) is 0 Å². The van der Waals surface area contributed by atoms with Gasteiger partial charge >= 0.3 is 17.9 Å². The summed E-state index contributed by atoms with van der Waals surface area (Å²) in [6, 6.07) is 0. The minimum absolute atomic E-state index is 0.0998. The molecule has 1 atom stereocenters.